The molecular weight excluding hydrogens is 216 g/mol. The number of nitrogens with zero attached hydrogens (tertiary/aromatic N) is 1. The number of amides is 1. The highest BCUT2D eigenvalue weighted by molar-refractivity contribution is 5.91. The quantitative estimate of drug-likeness (QED) is 0.638. The number of oxazole rings is 1. The van der Waals surface area contributed by atoms with E-state index >= 15 is 0 Å². The number of carbonyl (C=O) groups excluding carboxylic acids is 1. The Morgan fingerprint density at radius 3 is 3.12 bits per heavy atom. The number of benzene rings is 1. The zero-order valence-corrected chi connectivity index (χ0v) is 9.01. The maximum Gasteiger partial charge on any atom is 0.244 e. The minimum absolute atomic E-state index is 0.205. The van der Waals surface area contributed by atoms with Crippen molar-refractivity contribution in [1.82, 2.24) is 10.3 Å². The van der Waals surface area contributed by atoms with E-state index in [9.17, 15) is 4.79 Å². The van der Waals surface area contributed by atoms with Crippen molar-refractivity contribution in [2.24, 2.45) is 0 Å². The van der Waals surface area contributed by atoms with Crippen LogP contribution in [0.25, 0.3) is 17.2 Å². The molecule has 1 aromatic carbocycles. The lowest BCUT2D eigenvalue weighted by Gasteiger charge is -1.92. The van der Waals surface area contributed by atoms with Gasteiger partial charge in [-0.05, 0) is 12.1 Å². The van der Waals surface area contributed by atoms with Crippen molar-refractivity contribution in [3.8, 4) is 12.3 Å². The van der Waals surface area contributed by atoms with Gasteiger partial charge in [-0.15, -0.1) is 6.42 Å². The highest BCUT2D eigenvalue weighted by Crippen LogP contribution is 2.15. The van der Waals surface area contributed by atoms with Crippen LogP contribution in [0, 0.1) is 12.3 Å². The van der Waals surface area contributed by atoms with E-state index in [4.69, 9.17) is 10.8 Å². The fraction of sp³-hybridized carbons (Fsp3) is 0.0769. The average molecular weight is 226 g/mol. The molecule has 0 bridgehead atoms. The molecule has 1 amide bonds. The van der Waals surface area contributed by atoms with Gasteiger partial charge in [0.1, 0.15) is 5.52 Å². The molecule has 0 radical (unpaired) electrons. The summed E-state index contributed by atoms with van der Waals surface area (Å²) in [7, 11) is 0. The van der Waals surface area contributed by atoms with Gasteiger partial charge in [-0.3, -0.25) is 4.79 Å². The molecule has 17 heavy (non-hydrogen) atoms. The number of rotatable bonds is 3. The summed E-state index contributed by atoms with van der Waals surface area (Å²) in [4.78, 5) is 15.4. The second-order valence-corrected chi connectivity index (χ2v) is 3.28. The van der Waals surface area contributed by atoms with Crippen molar-refractivity contribution in [1.29, 1.82) is 0 Å². The van der Waals surface area contributed by atoms with Crippen LogP contribution in [0.2, 0.25) is 0 Å². The van der Waals surface area contributed by atoms with E-state index in [1.165, 1.54) is 12.2 Å². The maximum absolute atomic E-state index is 11.2. The predicted octanol–water partition coefficient (Wildman–Crippen LogP) is 1.59. The van der Waals surface area contributed by atoms with E-state index < -0.39 is 0 Å². The second kappa shape index (κ2) is 4.99. The van der Waals surface area contributed by atoms with Gasteiger partial charge in [0.25, 0.3) is 0 Å². The SMILES string of the molecule is C#CCNC(=O)/C=C/c1nc2ccccc2o1. The molecule has 0 atom stereocenters. The highest BCUT2D eigenvalue weighted by Gasteiger charge is 2.01. The van der Waals surface area contributed by atoms with Gasteiger partial charge < -0.3 is 9.73 Å². The first-order valence-corrected chi connectivity index (χ1v) is 5.04. The fourth-order valence-corrected chi connectivity index (χ4v) is 1.31. The van der Waals surface area contributed by atoms with Gasteiger partial charge in [0.15, 0.2) is 5.58 Å². The van der Waals surface area contributed by atoms with Gasteiger partial charge in [-0.1, -0.05) is 18.1 Å². The van der Waals surface area contributed by atoms with Crippen LogP contribution in [-0.4, -0.2) is 17.4 Å². The molecule has 0 aliphatic heterocycles. The van der Waals surface area contributed by atoms with Crippen LogP contribution in [0.3, 0.4) is 0 Å². The number of nitrogens with one attached hydrogen (secondary N) is 1. The first kappa shape index (κ1) is 11.0. The zero-order valence-electron chi connectivity index (χ0n) is 9.01. The van der Waals surface area contributed by atoms with Crippen LogP contribution in [0.15, 0.2) is 34.8 Å². The van der Waals surface area contributed by atoms with Crippen LogP contribution in [0.1, 0.15) is 5.89 Å². The van der Waals surface area contributed by atoms with Crippen molar-refractivity contribution in [2.45, 2.75) is 0 Å². The summed E-state index contributed by atoms with van der Waals surface area (Å²) in [5.41, 5.74) is 1.45. The van der Waals surface area contributed by atoms with Gasteiger partial charge in [0.2, 0.25) is 11.8 Å². The lowest BCUT2D eigenvalue weighted by atomic mass is 10.3. The number of para-hydroxylation sites is 2. The number of aromatic nitrogens is 1. The van der Waals surface area contributed by atoms with Gasteiger partial charge in [-0.25, -0.2) is 4.98 Å². The van der Waals surface area contributed by atoms with Crippen LogP contribution in [0.5, 0.6) is 0 Å². The molecule has 0 saturated heterocycles. The molecule has 1 heterocycles. The Labute approximate surface area is 98.3 Å². The van der Waals surface area contributed by atoms with Gasteiger partial charge in [-0.2, -0.15) is 0 Å². The van der Waals surface area contributed by atoms with Gasteiger partial charge >= 0.3 is 0 Å². The third kappa shape index (κ3) is 2.73. The summed E-state index contributed by atoms with van der Waals surface area (Å²) < 4.78 is 5.40. The van der Waals surface area contributed by atoms with E-state index in [2.05, 4.69) is 16.2 Å². The van der Waals surface area contributed by atoms with Crippen molar-refractivity contribution in [3.05, 3.63) is 36.2 Å². The monoisotopic (exact) mass is 226 g/mol. The van der Waals surface area contributed by atoms with Crippen LogP contribution < -0.4 is 5.32 Å². The Balaban J connectivity index is 2.11. The van der Waals surface area contributed by atoms with Crippen molar-refractivity contribution >= 4 is 23.1 Å². The molecule has 84 valence electrons. The summed E-state index contributed by atoms with van der Waals surface area (Å²) in [6.45, 7) is 0.205. The number of fused-ring (bicyclic) bond motifs is 1. The van der Waals surface area contributed by atoms with Crippen molar-refractivity contribution < 1.29 is 9.21 Å². The molecule has 4 nitrogen and oxygen atoms in total. The second-order valence-electron chi connectivity index (χ2n) is 3.28. The lowest BCUT2D eigenvalue weighted by Crippen LogP contribution is -2.20. The molecule has 1 aromatic heterocycles. The van der Waals surface area contributed by atoms with E-state index in [1.807, 2.05) is 24.3 Å². The number of terminal acetylenes is 1. The zero-order chi connectivity index (χ0) is 12.1. The van der Waals surface area contributed by atoms with Crippen LogP contribution in [-0.2, 0) is 4.79 Å². The molecule has 0 saturated carbocycles. The third-order valence-corrected chi connectivity index (χ3v) is 2.05. The molecule has 0 spiro atoms. The Bertz CT molecular complexity index is 572. The molecule has 2 rings (SSSR count). The summed E-state index contributed by atoms with van der Waals surface area (Å²) >= 11 is 0. The topological polar surface area (TPSA) is 55.1 Å². The predicted molar refractivity (Wildman–Crippen MR) is 64.9 cm³/mol. The number of hydrogen-bond acceptors (Lipinski definition) is 3. The molecule has 4 heteroatoms. The van der Waals surface area contributed by atoms with Crippen LogP contribution in [0.4, 0.5) is 0 Å². The number of carbonyl (C=O) groups is 1. The Morgan fingerprint density at radius 1 is 1.53 bits per heavy atom. The molecule has 1 N–H and O–H groups in total. The average Bonchev–Trinajstić information content (AvgIpc) is 2.76. The van der Waals surface area contributed by atoms with E-state index in [-0.39, 0.29) is 12.5 Å². The standard InChI is InChI=1S/C13H10N2O2/c1-2-9-14-12(16)7-8-13-15-10-5-3-4-6-11(10)17-13/h1,3-8H,9H2,(H,14,16)/b8-7+. The summed E-state index contributed by atoms with van der Waals surface area (Å²) in [5, 5.41) is 2.51. The molecule has 2 aromatic rings. The molecule has 0 aliphatic carbocycles. The maximum atomic E-state index is 11.2. The molecule has 0 aliphatic rings. The fourth-order valence-electron chi connectivity index (χ4n) is 1.31. The normalized spacial score (nSPS) is 10.5. The third-order valence-electron chi connectivity index (χ3n) is 2.05. The Hall–Kier alpha value is -2.54. The van der Waals surface area contributed by atoms with E-state index in [0.717, 1.165) is 5.52 Å². The van der Waals surface area contributed by atoms with Gasteiger partial charge in [0.05, 0.1) is 6.54 Å². The highest BCUT2D eigenvalue weighted by atomic mass is 16.3. The summed E-state index contributed by atoms with van der Waals surface area (Å²) in [6, 6.07) is 7.39. The van der Waals surface area contributed by atoms with Crippen molar-refractivity contribution in [2.75, 3.05) is 6.54 Å². The number of hydrogen-bond donors (Lipinski definition) is 1. The first-order chi connectivity index (χ1) is 8.29. The molecular formula is C13H10N2O2. The minimum Gasteiger partial charge on any atom is -0.437 e. The van der Waals surface area contributed by atoms with E-state index in [0.29, 0.717) is 11.5 Å². The van der Waals surface area contributed by atoms with Crippen LogP contribution >= 0.6 is 0 Å². The summed E-state index contributed by atoms with van der Waals surface area (Å²) in [6.07, 6.45) is 7.86. The molecule has 0 unspecified atom stereocenters. The lowest BCUT2D eigenvalue weighted by molar-refractivity contribution is -0.116. The largest absolute Gasteiger partial charge is 0.437 e. The smallest absolute Gasteiger partial charge is 0.244 e. The van der Waals surface area contributed by atoms with E-state index in [1.54, 1.807) is 0 Å². The Morgan fingerprint density at radius 2 is 2.35 bits per heavy atom. The minimum atomic E-state index is -0.273. The van der Waals surface area contributed by atoms with Gasteiger partial charge in [0, 0.05) is 12.2 Å². The first-order valence-electron chi connectivity index (χ1n) is 5.04. The van der Waals surface area contributed by atoms with Crippen molar-refractivity contribution in [3.63, 3.8) is 0 Å². The Kier molecular flexibility index (Phi) is 3.22. The summed E-state index contributed by atoms with van der Waals surface area (Å²) in [5.74, 6) is 2.43. The molecule has 0 fully saturated rings.